The van der Waals surface area contributed by atoms with Crippen LogP contribution in [0.4, 0.5) is 15.9 Å². The molecule has 0 bridgehead atoms. The number of hydrogen-bond acceptors (Lipinski definition) is 6. The predicted octanol–water partition coefficient (Wildman–Crippen LogP) is 4.00. The number of nitrogens with zero attached hydrogens (tertiary/aromatic N) is 4. The maximum Gasteiger partial charge on any atom is 0.272 e. The average Bonchev–Trinajstić information content (AvgIpc) is 3.48. The quantitative estimate of drug-likeness (QED) is 0.570. The molecule has 1 saturated heterocycles. The molecule has 1 saturated carbocycles. The minimum Gasteiger partial charge on any atom is -0.383 e. The first-order valence-electron chi connectivity index (χ1n) is 12.9. The summed E-state index contributed by atoms with van der Waals surface area (Å²) in [6.07, 6.45) is 4.72. The van der Waals surface area contributed by atoms with Crippen molar-refractivity contribution in [2.75, 3.05) is 24.2 Å². The van der Waals surface area contributed by atoms with Crippen LogP contribution in [-0.4, -0.2) is 40.3 Å². The van der Waals surface area contributed by atoms with Crippen LogP contribution in [0.2, 0.25) is 0 Å². The number of rotatable bonds is 2. The lowest BCUT2D eigenvalue weighted by Gasteiger charge is -2.39. The van der Waals surface area contributed by atoms with Crippen LogP contribution < -0.4 is 10.6 Å². The fourth-order valence-corrected chi connectivity index (χ4v) is 6.53. The van der Waals surface area contributed by atoms with Crippen molar-refractivity contribution in [3.8, 4) is 0 Å². The number of pyridine rings is 2. The summed E-state index contributed by atoms with van der Waals surface area (Å²) in [5.41, 5.74) is 10.2. The average molecular weight is 502 g/mol. The third-order valence-electron chi connectivity index (χ3n) is 8.70. The van der Waals surface area contributed by atoms with Gasteiger partial charge in [0.2, 0.25) is 5.91 Å². The van der Waals surface area contributed by atoms with Gasteiger partial charge in [-0.15, -0.1) is 0 Å². The maximum atomic E-state index is 15.4. The summed E-state index contributed by atoms with van der Waals surface area (Å²) >= 11 is 0. The summed E-state index contributed by atoms with van der Waals surface area (Å²) in [6.45, 7) is 3.50. The minimum atomic E-state index is -0.588. The van der Waals surface area contributed by atoms with Gasteiger partial charge in [-0.1, -0.05) is 13.0 Å². The van der Waals surface area contributed by atoms with Gasteiger partial charge in [-0.05, 0) is 60.4 Å². The Hall–Kier alpha value is -3.59. The maximum absolute atomic E-state index is 15.4. The molecule has 7 rings (SSSR count). The first-order chi connectivity index (χ1) is 17.8. The molecule has 1 aliphatic carbocycles. The number of likely N-dealkylation sites (tertiary alicyclic amines) is 1. The smallest absolute Gasteiger partial charge is 0.272 e. The molecule has 1 spiro atoms. The van der Waals surface area contributed by atoms with E-state index in [0.717, 1.165) is 53.3 Å². The number of anilines is 2. The highest BCUT2D eigenvalue weighted by molar-refractivity contribution is 6.10. The summed E-state index contributed by atoms with van der Waals surface area (Å²) in [7, 11) is 1.64. The molecule has 0 radical (unpaired) electrons. The summed E-state index contributed by atoms with van der Waals surface area (Å²) in [6, 6.07) is 4.97. The number of piperidine rings is 1. The monoisotopic (exact) mass is 501 g/mol. The predicted molar refractivity (Wildman–Crippen MR) is 135 cm³/mol. The number of fused-ring (bicyclic) bond motifs is 5. The van der Waals surface area contributed by atoms with E-state index in [1.165, 1.54) is 11.0 Å². The van der Waals surface area contributed by atoms with Crippen molar-refractivity contribution >= 4 is 34.2 Å². The van der Waals surface area contributed by atoms with Gasteiger partial charge in [0.25, 0.3) is 5.91 Å². The van der Waals surface area contributed by atoms with Gasteiger partial charge in [0.1, 0.15) is 17.3 Å². The number of nitrogens with two attached hydrogens (primary N) is 1. The van der Waals surface area contributed by atoms with Gasteiger partial charge in [0.15, 0.2) is 0 Å². The Labute approximate surface area is 213 Å². The van der Waals surface area contributed by atoms with Gasteiger partial charge in [0, 0.05) is 24.5 Å². The van der Waals surface area contributed by atoms with E-state index in [4.69, 9.17) is 10.5 Å². The number of carbonyl (C=O) groups is 2. The first-order valence-corrected chi connectivity index (χ1v) is 12.9. The largest absolute Gasteiger partial charge is 0.383 e. The number of carbonyl (C=O) groups excluding carboxylic acids is 2. The fraction of sp³-hybridized carbons (Fsp3) is 0.429. The van der Waals surface area contributed by atoms with Crippen molar-refractivity contribution in [1.29, 1.82) is 0 Å². The molecular weight excluding hydrogens is 473 g/mol. The Morgan fingerprint density at radius 3 is 2.76 bits per heavy atom. The van der Waals surface area contributed by atoms with E-state index in [1.54, 1.807) is 19.3 Å². The van der Waals surface area contributed by atoms with Crippen LogP contribution in [0.1, 0.15) is 71.4 Å². The Morgan fingerprint density at radius 2 is 1.97 bits per heavy atom. The van der Waals surface area contributed by atoms with Gasteiger partial charge < -0.3 is 20.3 Å². The molecule has 2 amide bonds. The van der Waals surface area contributed by atoms with Crippen LogP contribution in [0.15, 0.2) is 24.4 Å². The van der Waals surface area contributed by atoms with E-state index < -0.39 is 11.2 Å². The van der Waals surface area contributed by atoms with E-state index >= 15 is 4.39 Å². The van der Waals surface area contributed by atoms with Crippen LogP contribution in [0.5, 0.6) is 0 Å². The fourth-order valence-electron chi connectivity index (χ4n) is 6.53. The van der Waals surface area contributed by atoms with E-state index in [1.807, 2.05) is 11.0 Å². The Kier molecular flexibility index (Phi) is 4.71. The summed E-state index contributed by atoms with van der Waals surface area (Å²) in [5.74, 6) is 0.109. The zero-order valence-corrected chi connectivity index (χ0v) is 20.9. The third-order valence-corrected chi connectivity index (χ3v) is 8.70. The van der Waals surface area contributed by atoms with Gasteiger partial charge in [-0.25, -0.2) is 14.4 Å². The molecule has 1 unspecified atom stereocenters. The number of amides is 2. The number of aromatic nitrogens is 2. The molecule has 2 fully saturated rings. The zero-order valence-electron chi connectivity index (χ0n) is 20.9. The van der Waals surface area contributed by atoms with Crippen molar-refractivity contribution < 1.29 is 18.7 Å². The molecule has 3 aliphatic heterocycles. The summed E-state index contributed by atoms with van der Waals surface area (Å²) in [5, 5.41) is 0.822. The number of likely N-dealkylation sites (N-methyl/N-ethyl adjacent to an activating group) is 1. The highest BCUT2D eigenvalue weighted by Gasteiger charge is 2.59. The number of hydrogen-bond donors (Lipinski definition) is 1. The third kappa shape index (κ3) is 3.16. The van der Waals surface area contributed by atoms with E-state index in [2.05, 4.69) is 16.9 Å². The summed E-state index contributed by atoms with van der Waals surface area (Å²) < 4.78 is 21.0. The molecular formula is C28H28FN5O3. The van der Waals surface area contributed by atoms with Crippen molar-refractivity contribution in [3.05, 3.63) is 58.2 Å². The van der Waals surface area contributed by atoms with Crippen molar-refractivity contribution in [2.24, 2.45) is 5.92 Å². The van der Waals surface area contributed by atoms with Crippen LogP contribution in [0.3, 0.4) is 0 Å². The normalized spacial score (nSPS) is 23.6. The molecule has 9 heteroatoms. The second kappa shape index (κ2) is 7.71. The lowest BCUT2D eigenvalue weighted by molar-refractivity contribution is -0.119. The number of nitrogen functional groups attached to an aromatic ring is 1. The molecule has 3 aromatic rings. The minimum absolute atomic E-state index is 0.0325. The van der Waals surface area contributed by atoms with Crippen molar-refractivity contribution in [1.82, 2.24) is 14.9 Å². The van der Waals surface area contributed by atoms with E-state index in [9.17, 15) is 9.59 Å². The van der Waals surface area contributed by atoms with Crippen LogP contribution in [-0.2, 0) is 28.2 Å². The van der Waals surface area contributed by atoms with Crippen LogP contribution in [0, 0.1) is 11.7 Å². The molecule has 4 aliphatic rings. The second-order valence-corrected chi connectivity index (χ2v) is 11.0. The molecule has 5 heterocycles. The Bertz CT molecular complexity index is 1520. The first kappa shape index (κ1) is 22.6. The second-order valence-electron chi connectivity index (χ2n) is 11.0. The highest BCUT2D eigenvalue weighted by atomic mass is 19.1. The van der Waals surface area contributed by atoms with Gasteiger partial charge in [0.05, 0.1) is 42.1 Å². The topological polar surface area (TPSA) is 102 Å². The van der Waals surface area contributed by atoms with Gasteiger partial charge in [-0.3, -0.25) is 9.59 Å². The standard InChI is InChI=1S/C28H28FN5O3/c1-14-3-4-23(15-7-19-24(20(29)8-15)33(2)27(36)28(19)5-6-28)34(11-14)26(35)21-9-16-17-12-37-13-18(17)25(30)32-22(16)10-31-21/h7-10,14,23H,3-6,11-13H2,1-2H3,(H2,30,32)/t14-,23?/m0/s1. The number of ether oxygens (including phenoxy) is 1. The SMILES string of the molecule is C[C@H]1CCC(c2cc(F)c3c(c2)C2(CC2)C(=O)N3C)N(C(=O)c2cc3c4c(c(N)nc3cn2)COC4)C1. The van der Waals surface area contributed by atoms with E-state index in [0.29, 0.717) is 48.4 Å². The summed E-state index contributed by atoms with van der Waals surface area (Å²) in [4.78, 5) is 39.0. The molecule has 8 nitrogen and oxygen atoms in total. The molecule has 1 aromatic carbocycles. The van der Waals surface area contributed by atoms with Crippen LogP contribution in [0.25, 0.3) is 10.9 Å². The molecule has 2 N–H and O–H groups in total. The van der Waals surface area contributed by atoms with E-state index in [-0.39, 0.29) is 17.9 Å². The highest BCUT2D eigenvalue weighted by Crippen LogP contribution is 2.58. The van der Waals surface area contributed by atoms with Gasteiger partial charge in [-0.2, -0.15) is 0 Å². The van der Waals surface area contributed by atoms with Gasteiger partial charge >= 0.3 is 0 Å². The molecule has 190 valence electrons. The molecule has 2 atom stereocenters. The Balaban J connectivity index is 1.29. The lowest BCUT2D eigenvalue weighted by atomic mass is 9.87. The zero-order chi connectivity index (χ0) is 25.6. The number of halogens is 1. The lowest BCUT2D eigenvalue weighted by Crippen LogP contribution is -2.42. The van der Waals surface area contributed by atoms with Crippen LogP contribution >= 0.6 is 0 Å². The Morgan fingerprint density at radius 1 is 1.19 bits per heavy atom. The van der Waals surface area contributed by atoms with Crippen molar-refractivity contribution in [2.45, 2.75) is 57.3 Å². The van der Waals surface area contributed by atoms with Crippen molar-refractivity contribution in [3.63, 3.8) is 0 Å². The molecule has 2 aromatic heterocycles. The number of benzene rings is 1. The molecule has 37 heavy (non-hydrogen) atoms.